The van der Waals surface area contributed by atoms with Crippen molar-refractivity contribution in [2.24, 2.45) is 0 Å². The highest BCUT2D eigenvalue weighted by molar-refractivity contribution is 5.31. The predicted molar refractivity (Wildman–Crippen MR) is 109 cm³/mol. The van der Waals surface area contributed by atoms with Crippen LogP contribution in [0.3, 0.4) is 0 Å². The van der Waals surface area contributed by atoms with Crippen LogP contribution >= 0.6 is 0 Å². The molecule has 6 nitrogen and oxygen atoms in total. The molecular weight excluding hydrogens is 350 g/mol. The highest BCUT2D eigenvalue weighted by Gasteiger charge is 2.14. The molecule has 0 spiro atoms. The minimum atomic E-state index is 0.511. The molecule has 1 N–H and O–H groups in total. The number of pyridine rings is 1. The van der Waals surface area contributed by atoms with Gasteiger partial charge in [-0.2, -0.15) is 0 Å². The van der Waals surface area contributed by atoms with E-state index in [0.717, 1.165) is 35.7 Å². The lowest BCUT2D eigenvalue weighted by Gasteiger charge is -2.15. The minimum absolute atomic E-state index is 0.511. The Balaban J connectivity index is 1.30. The summed E-state index contributed by atoms with van der Waals surface area (Å²) in [5, 5.41) is 3.43. The Morgan fingerprint density at radius 1 is 0.857 bits per heavy atom. The van der Waals surface area contributed by atoms with E-state index < -0.39 is 0 Å². The Morgan fingerprint density at radius 3 is 2.43 bits per heavy atom. The van der Waals surface area contributed by atoms with Crippen LogP contribution in [0.5, 0.6) is 5.88 Å². The topological polar surface area (TPSA) is 63.2 Å². The average molecular weight is 375 g/mol. The van der Waals surface area contributed by atoms with E-state index in [1.54, 1.807) is 6.20 Å². The lowest BCUT2D eigenvalue weighted by atomic mass is 10.2. The third kappa shape index (κ3) is 4.84. The molecule has 3 heterocycles. The highest BCUT2D eigenvalue weighted by atomic mass is 16.5. The quantitative estimate of drug-likeness (QED) is 0.651. The number of aromatic nitrogens is 3. The van der Waals surface area contributed by atoms with E-state index in [1.807, 2.05) is 54.9 Å². The van der Waals surface area contributed by atoms with Gasteiger partial charge < -0.3 is 15.0 Å². The molecule has 1 saturated heterocycles. The molecule has 1 aliphatic rings. The van der Waals surface area contributed by atoms with Crippen LogP contribution in [0.2, 0.25) is 0 Å². The van der Waals surface area contributed by atoms with E-state index in [-0.39, 0.29) is 0 Å². The van der Waals surface area contributed by atoms with E-state index in [1.165, 1.54) is 12.8 Å². The number of anilines is 1. The largest absolute Gasteiger partial charge is 0.473 e. The van der Waals surface area contributed by atoms with Gasteiger partial charge in [0.1, 0.15) is 6.61 Å². The van der Waals surface area contributed by atoms with Gasteiger partial charge in [0.05, 0.1) is 0 Å². The summed E-state index contributed by atoms with van der Waals surface area (Å²) < 4.78 is 5.92. The van der Waals surface area contributed by atoms with Gasteiger partial charge in [0, 0.05) is 55.9 Å². The van der Waals surface area contributed by atoms with E-state index in [9.17, 15) is 0 Å². The van der Waals surface area contributed by atoms with Gasteiger partial charge in [0.15, 0.2) is 0 Å². The van der Waals surface area contributed by atoms with Crippen LogP contribution in [0.1, 0.15) is 29.5 Å². The van der Waals surface area contributed by atoms with Crippen molar-refractivity contribution < 1.29 is 4.74 Å². The van der Waals surface area contributed by atoms with Crippen LogP contribution in [0.4, 0.5) is 5.95 Å². The second-order valence-electron chi connectivity index (χ2n) is 6.93. The Kier molecular flexibility index (Phi) is 6.09. The van der Waals surface area contributed by atoms with E-state index in [4.69, 9.17) is 4.74 Å². The average Bonchev–Trinajstić information content (AvgIpc) is 3.29. The summed E-state index contributed by atoms with van der Waals surface area (Å²) in [6.45, 7) is 4.00. The van der Waals surface area contributed by atoms with Gasteiger partial charge in [-0.15, -0.1) is 0 Å². The fourth-order valence-corrected chi connectivity index (χ4v) is 3.28. The molecule has 3 aromatic rings. The maximum Gasteiger partial charge on any atom is 0.225 e. The monoisotopic (exact) mass is 375 g/mol. The fourth-order valence-electron chi connectivity index (χ4n) is 3.28. The van der Waals surface area contributed by atoms with Gasteiger partial charge >= 0.3 is 0 Å². The van der Waals surface area contributed by atoms with Crippen molar-refractivity contribution in [1.82, 2.24) is 20.3 Å². The number of nitrogens with zero attached hydrogens (tertiary/aromatic N) is 4. The third-order valence-corrected chi connectivity index (χ3v) is 4.79. The summed E-state index contributed by atoms with van der Waals surface area (Å²) in [6.07, 6.45) is 8.03. The molecular formula is C22H25N5O. The standard InChI is InChI=1S/C22H25N5O/c1-2-7-18(8-3-1)17-28-21-20(9-6-10-24-21)16-23-13-19-14-25-22(26-15-19)27-11-4-5-12-27/h1-3,6-10,14-15,23H,4-5,11-13,16-17H2. The van der Waals surface area contributed by atoms with Crippen LogP contribution in [0, 0.1) is 0 Å². The highest BCUT2D eigenvalue weighted by Crippen LogP contribution is 2.17. The lowest BCUT2D eigenvalue weighted by Crippen LogP contribution is -2.21. The number of hydrogen-bond acceptors (Lipinski definition) is 6. The second-order valence-corrected chi connectivity index (χ2v) is 6.93. The molecule has 0 bridgehead atoms. The first-order valence-corrected chi connectivity index (χ1v) is 9.76. The summed E-state index contributed by atoms with van der Waals surface area (Å²) in [5.41, 5.74) is 3.23. The first kappa shape index (κ1) is 18.4. The van der Waals surface area contributed by atoms with Gasteiger partial charge in [0.2, 0.25) is 11.8 Å². The minimum Gasteiger partial charge on any atom is -0.473 e. The first-order chi connectivity index (χ1) is 13.9. The Morgan fingerprint density at radius 2 is 1.64 bits per heavy atom. The van der Waals surface area contributed by atoms with Crippen molar-refractivity contribution in [2.75, 3.05) is 18.0 Å². The first-order valence-electron chi connectivity index (χ1n) is 9.76. The molecule has 1 fully saturated rings. The second kappa shape index (κ2) is 9.28. The van der Waals surface area contributed by atoms with Gasteiger partial charge in [-0.1, -0.05) is 36.4 Å². The molecule has 2 aromatic heterocycles. The molecule has 0 amide bonds. The molecule has 0 aliphatic carbocycles. The van der Waals surface area contributed by atoms with Crippen LogP contribution in [0.15, 0.2) is 61.1 Å². The fraction of sp³-hybridized carbons (Fsp3) is 0.318. The lowest BCUT2D eigenvalue weighted by molar-refractivity contribution is 0.289. The molecule has 28 heavy (non-hydrogen) atoms. The summed E-state index contributed by atoms with van der Waals surface area (Å²) in [5.74, 6) is 1.50. The summed E-state index contributed by atoms with van der Waals surface area (Å²) in [7, 11) is 0. The number of rotatable bonds is 8. The Hall–Kier alpha value is -2.99. The smallest absolute Gasteiger partial charge is 0.225 e. The summed E-state index contributed by atoms with van der Waals surface area (Å²) >= 11 is 0. The van der Waals surface area contributed by atoms with Gasteiger partial charge in [-0.25, -0.2) is 15.0 Å². The van der Waals surface area contributed by atoms with Crippen LogP contribution in [-0.4, -0.2) is 28.0 Å². The van der Waals surface area contributed by atoms with Crippen LogP contribution in [0.25, 0.3) is 0 Å². The zero-order chi connectivity index (χ0) is 19.0. The zero-order valence-electron chi connectivity index (χ0n) is 15.9. The van der Waals surface area contributed by atoms with Crippen molar-refractivity contribution in [3.63, 3.8) is 0 Å². The zero-order valence-corrected chi connectivity index (χ0v) is 15.9. The maximum atomic E-state index is 5.92. The molecule has 1 aliphatic heterocycles. The molecule has 0 atom stereocenters. The molecule has 4 rings (SSSR count). The number of benzene rings is 1. The van der Waals surface area contributed by atoms with Gasteiger partial charge in [-0.05, 0) is 24.5 Å². The van der Waals surface area contributed by atoms with Crippen molar-refractivity contribution in [3.8, 4) is 5.88 Å². The van der Waals surface area contributed by atoms with Crippen molar-refractivity contribution >= 4 is 5.95 Å². The molecule has 0 saturated carbocycles. The SMILES string of the molecule is c1ccc(COc2ncccc2CNCc2cnc(N3CCCC3)nc2)cc1. The van der Waals surface area contributed by atoms with E-state index in [2.05, 4.69) is 25.2 Å². The van der Waals surface area contributed by atoms with E-state index >= 15 is 0 Å². The van der Waals surface area contributed by atoms with Crippen LogP contribution in [-0.2, 0) is 19.7 Å². The number of hydrogen-bond donors (Lipinski definition) is 1. The molecule has 0 radical (unpaired) electrons. The molecule has 1 aromatic carbocycles. The molecule has 6 heteroatoms. The molecule has 0 unspecified atom stereocenters. The van der Waals surface area contributed by atoms with Crippen LogP contribution < -0.4 is 15.0 Å². The summed E-state index contributed by atoms with van der Waals surface area (Å²) in [6, 6.07) is 14.1. The van der Waals surface area contributed by atoms with Crippen molar-refractivity contribution in [3.05, 3.63) is 77.7 Å². The normalized spacial score (nSPS) is 13.6. The maximum absolute atomic E-state index is 5.92. The van der Waals surface area contributed by atoms with Gasteiger partial charge in [-0.3, -0.25) is 0 Å². The summed E-state index contributed by atoms with van der Waals surface area (Å²) in [4.78, 5) is 15.6. The van der Waals surface area contributed by atoms with Gasteiger partial charge in [0.25, 0.3) is 0 Å². The third-order valence-electron chi connectivity index (χ3n) is 4.79. The van der Waals surface area contributed by atoms with Crippen molar-refractivity contribution in [1.29, 1.82) is 0 Å². The predicted octanol–water partition coefficient (Wildman–Crippen LogP) is 3.34. The van der Waals surface area contributed by atoms with E-state index in [0.29, 0.717) is 25.6 Å². The number of nitrogens with one attached hydrogen (secondary N) is 1. The van der Waals surface area contributed by atoms with Crippen molar-refractivity contribution in [2.45, 2.75) is 32.5 Å². The molecule has 144 valence electrons. The Labute approximate surface area is 165 Å². The Bertz CT molecular complexity index is 864. The number of ether oxygens (including phenoxy) is 1.